The number of nitrogen functional groups attached to an aromatic ring is 1. The van der Waals surface area contributed by atoms with Crippen molar-refractivity contribution in [2.24, 2.45) is 7.05 Å². The molecule has 0 saturated heterocycles. The fourth-order valence-electron chi connectivity index (χ4n) is 1.72. The van der Waals surface area contributed by atoms with Crippen molar-refractivity contribution in [2.75, 3.05) is 5.73 Å². The minimum atomic E-state index is 0.374. The predicted octanol–water partition coefficient (Wildman–Crippen LogP) is 2.19. The molecule has 0 amide bonds. The Hall–Kier alpha value is -1.84. The third-order valence-corrected chi connectivity index (χ3v) is 2.46. The van der Waals surface area contributed by atoms with E-state index in [0.29, 0.717) is 5.92 Å². The number of pyridine rings is 1. The van der Waals surface area contributed by atoms with E-state index in [1.54, 1.807) is 12.3 Å². The van der Waals surface area contributed by atoms with Crippen molar-refractivity contribution in [2.45, 2.75) is 19.8 Å². The van der Waals surface area contributed by atoms with Crippen LogP contribution in [0.25, 0.3) is 11.3 Å². The monoisotopic (exact) mass is 216 g/mol. The molecule has 4 heteroatoms. The van der Waals surface area contributed by atoms with Crippen molar-refractivity contribution in [3.8, 4) is 11.3 Å². The molecule has 0 unspecified atom stereocenters. The number of aryl methyl sites for hydroxylation is 1. The van der Waals surface area contributed by atoms with Crippen LogP contribution in [0, 0.1) is 0 Å². The van der Waals surface area contributed by atoms with Crippen LogP contribution < -0.4 is 5.73 Å². The van der Waals surface area contributed by atoms with E-state index in [0.717, 1.165) is 22.6 Å². The minimum absolute atomic E-state index is 0.374. The average molecular weight is 216 g/mol. The first-order chi connectivity index (χ1) is 7.58. The van der Waals surface area contributed by atoms with Crippen LogP contribution >= 0.6 is 0 Å². The van der Waals surface area contributed by atoms with E-state index < -0.39 is 0 Å². The van der Waals surface area contributed by atoms with Gasteiger partial charge in [0.2, 0.25) is 0 Å². The maximum atomic E-state index is 5.76. The zero-order valence-corrected chi connectivity index (χ0v) is 9.81. The molecular weight excluding hydrogens is 200 g/mol. The van der Waals surface area contributed by atoms with E-state index >= 15 is 0 Å². The van der Waals surface area contributed by atoms with Gasteiger partial charge >= 0.3 is 0 Å². The van der Waals surface area contributed by atoms with Gasteiger partial charge in [-0.25, -0.2) is 0 Å². The number of anilines is 1. The Bertz CT molecular complexity index is 499. The Morgan fingerprint density at radius 3 is 2.75 bits per heavy atom. The molecule has 0 aliphatic rings. The van der Waals surface area contributed by atoms with Crippen molar-refractivity contribution in [3.63, 3.8) is 0 Å². The molecular formula is C12H16N4. The summed E-state index contributed by atoms with van der Waals surface area (Å²) in [5, 5.41) is 4.45. The molecule has 2 rings (SSSR count). The second-order valence-corrected chi connectivity index (χ2v) is 4.23. The zero-order valence-electron chi connectivity index (χ0n) is 9.81. The van der Waals surface area contributed by atoms with Crippen LogP contribution in [0.3, 0.4) is 0 Å². The van der Waals surface area contributed by atoms with Gasteiger partial charge in [-0.15, -0.1) is 0 Å². The summed E-state index contributed by atoms with van der Waals surface area (Å²) in [5.41, 5.74) is 9.49. The fourth-order valence-corrected chi connectivity index (χ4v) is 1.72. The molecule has 2 heterocycles. The Balaban J connectivity index is 2.55. The molecule has 0 fully saturated rings. The van der Waals surface area contributed by atoms with Gasteiger partial charge in [0.15, 0.2) is 0 Å². The number of hydrogen-bond donors (Lipinski definition) is 1. The first kappa shape index (κ1) is 10.7. The normalized spacial score (nSPS) is 11.0. The number of nitrogens with zero attached hydrogens (tertiary/aromatic N) is 3. The van der Waals surface area contributed by atoms with E-state index in [-0.39, 0.29) is 0 Å². The summed E-state index contributed by atoms with van der Waals surface area (Å²) in [6.07, 6.45) is 3.71. The molecule has 2 N–H and O–H groups in total. The summed E-state index contributed by atoms with van der Waals surface area (Å²) in [7, 11) is 1.92. The van der Waals surface area contributed by atoms with Crippen molar-refractivity contribution in [3.05, 3.63) is 30.2 Å². The zero-order chi connectivity index (χ0) is 11.7. The third-order valence-electron chi connectivity index (χ3n) is 2.46. The highest BCUT2D eigenvalue weighted by atomic mass is 15.3. The summed E-state index contributed by atoms with van der Waals surface area (Å²) in [4.78, 5) is 4.33. The van der Waals surface area contributed by atoms with Crippen LogP contribution in [0.1, 0.15) is 25.5 Å². The molecule has 84 valence electrons. The highest BCUT2D eigenvalue weighted by molar-refractivity contribution is 5.65. The van der Waals surface area contributed by atoms with Gasteiger partial charge in [-0.05, 0) is 18.1 Å². The number of aromatic nitrogens is 3. The van der Waals surface area contributed by atoms with Crippen LogP contribution in [0.5, 0.6) is 0 Å². The maximum Gasteiger partial charge on any atom is 0.0756 e. The van der Waals surface area contributed by atoms with E-state index in [9.17, 15) is 0 Å². The lowest BCUT2D eigenvalue weighted by Gasteiger charge is -2.04. The van der Waals surface area contributed by atoms with Crippen LogP contribution in [-0.2, 0) is 7.05 Å². The first-order valence-corrected chi connectivity index (χ1v) is 5.33. The van der Waals surface area contributed by atoms with Gasteiger partial charge in [0.1, 0.15) is 0 Å². The summed E-state index contributed by atoms with van der Waals surface area (Å²) in [6, 6.07) is 3.66. The van der Waals surface area contributed by atoms with Crippen LogP contribution in [-0.4, -0.2) is 14.8 Å². The lowest BCUT2D eigenvalue weighted by molar-refractivity contribution is 0.713. The quantitative estimate of drug-likeness (QED) is 0.837. The number of rotatable bonds is 2. The SMILES string of the molecule is CC(C)c1nn(C)cc1-c1cc(N)ccn1. The first-order valence-electron chi connectivity index (χ1n) is 5.33. The van der Waals surface area contributed by atoms with Gasteiger partial charge in [0, 0.05) is 30.7 Å². The molecule has 16 heavy (non-hydrogen) atoms. The molecule has 0 atom stereocenters. The van der Waals surface area contributed by atoms with Crippen LogP contribution in [0.4, 0.5) is 5.69 Å². The average Bonchev–Trinajstić information content (AvgIpc) is 2.60. The third kappa shape index (κ3) is 1.91. The van der Waals surface area contributed by atoms with Crippen LogP contribution in [0.2, 0.25) is 0 Å². The molecule has 2 aromatic heterocycles. The fraction of sp³-hybridized carbons (Fsp3) is 0.333. The highest BCUT2D eigenvalue weighted by Crippen LogP contribution is 2.27. The van der Waals surface area contributed by atoms with Crippen molar-refractivity contribution in [1.29, 1.82) is 0 Å². The van der Waals surface area contributed by atoms with E-state index in [1.165, 1.54) is 0 Å². The topological polar surface area (TPSA) is 56.7 Å². The molecule has 0 saturated carbocycles. The molecule has 4 nitrogen and oxygen atoms in total. The van der Waals surface area contributed by atoms with Gasteiger partial charge in [0.25, 0.3) is 0 Å². The molecule has 0 radical (unpaired) electrons. The summed E-state index contributed by atoms with van der Waals surface area (Å²) < 4.78 is 1.82. The predicted molar refractivity (Wildman–Crippen MR) is 64.9 cm³/mol. The number of nitrogens with two attached hydrogens (primary N) is 1. The van der Waals surface area contributed by atoms with Gasteiger partial charge in [-0.2, -0.15) is 5.10 Å². The molecule has 0 bridgehead atoms. The smallest absolute Gasteiger partial charge is 0.0756 e. The van der Waals surface area contributed by atoms with Crippen molar-refractivity contribution < 1.29 is 0 Å². The molecule has 0 spiro atoms. The maximum absolute atomic E-state index is 5.76. The summed E-state index contributed by atoms with van der Waals surface area (Å²) in [5.74, 6) is 0.374. The Kier molecular flexibility index (Phi) is 2.64. The van der Waals surface area contributed by atoms with E-state index in [4.69, 9.17) is 5.73 Å². The highest BCUT2D eigenvalue weighted by Gasteiger charge is 2.13. The van der Waals surface area contributed by atoms with Gasteiger partial charge in [-0.1, -0.05) is 13.8 Å². The molecule has 0 aliphatic heterocycles. The second-order valence-electron chi connectivity index (χ2n) is 4.23. The Morgan fingerprint density at radius 1 is 1.38 bits per heavy atom. The van der Waals surface area contributed by atoms with Gasteiger partial charge in [-0.3, -0.25) is 9.67 Å². The van der Waals surface area contributed by atoms with Gasteiger partial charge < -0.3 is 5.73 Å². The second kappa shape index (κ2) is 3.96. The van der Waals surface area contributed by atoms with E-state index in [1.807, 2.05) is 24.0 Å². The van der Waals surface area contributed by atoms with E-state index in [2.05, 4.69) is 23.9 Å². The van der Waals surface area contributed by atoms with Crippen molar-refractivity contribution in [1.82, 2.24) is 14.8 Å². The Morgan fingerprint density at radius 2 is 2.12 bits per heavy atom. The Labute approximate surface area is 95.1 Å². The summed E-state index contributed by atoms with van der Waals surface area (Å²) in [6.45, 7) is 4.25. The summed E-state index contributed by atoms with van der Waals surface area (Å²) >= 11 is 0. The van der Waals surface area contributed by atoms with Crippen molar-refractivity contribution >= 4 is 5.69 Å². The van der Waals surface area contributed by atoms with Crippen LogP contribution in [0.15, 0.2) is 24.5 Å². The molecule has 0 aromatic carbocycles. The van der Waals surface area contributed by atoms with Gasteiger partial charge in [0.05, 0.1) is 11.4 Å². The number of hydrogen-bond acceptors (Lipinski definition) is 3. The minimum Gasteiger partial charge on any atom is -0.399 e. The lowest BCUT2D eigenvalue weighted by atomic mass is 10.0. The molecule has 2 aromatic rings. The standard InChI is InChI=1S/C12H16N4/c1-8(2)12-10(7-16(3)15-12)11-6-9(13)4-5-14-11/h4-8H,1-3H3,(H2,13,14). The molecule has 0 aliphatic carbocycles. The largest absolute Gasteiger partial charge is 0.399 e. The lowest BCUT2D eigenvalue weighted by Crippen LogP contribution is -1.95.